The maximum atomic E-state index is 11.3. The summed E-state index contributed by atoms with van der Waals surface area (Å²) in [6.45, 7) is 2.55. The van der Waals surface area contributed by atoms with E-state index >= 15 is 0 Å². The van der Waals surface area contributed by atoms with Crippen LogP contribution in [0.15, 0.2) is 12.1 Å². The summed E-state index contributed by atoms with van der Waals surface area (Å²) in [6, 6.07) is 3.75. The Hall–Kier alpha value is -0.910. The van der Waals surface area contributed by atoms with Crippen molar-refractivity contribution in [2.24, 2.45) is 0 Å². The second-order valence-electron chi connectivity index (χ2n) is 4.29. The standard InChI is InChI=1S/C12H17NO3S/c1-16-12(15)11-5-4-10(17-11)8-13-6-2-3-9(14)7-13/h4-5,9,14H,2-3,6-8H2,1H3. The van der Waals surface area contributed by atoms with Gasteiger partial charge in [0, 0.05) is 18.0 Å². The maximum absolute atomic E-state index is 11.3. The molecule has 2 rings (SSSR count). The predicted octanol–water partition coefficient (Wildman–Crippen LogP) is 1.49. The van der Waals surface area contributed by atoms with Crippen LogP contribution in [0.4, 0.5) is 0 Å². The van der Waals surface area contributed by atoms with Gasteiger partial charge in [-0.25, -0.2) is 4.79 Å². The molecule has 0 radical (unpaired) electrons. The molecule has 2 heterocycles. The first kappa shape index (κ1) is 12.5. The molecule has 0 amide bonds. The highest BCUT2D eigenvalue weighted by Crippen LogP contribution is 2.21. The van der Waals surface area contributed by atoms with E-state index in [-0.39, 0.29) is 12.1 Å². The summed E-state index contributed by atoms with van der Waals surface area (Å²) in [7, 11) is 1.39. The number of thiophene rings is 1. The SMILES string of the molecule is COC(=O)c1ccc(CN2CCCC(O)C2)s1. The van der Waals surface area contributed by atoms with E-state index in [1.54, 1.807) is 6.07 Å². The van der Waals surface area contributed by atoms with E-state index < -0.39 is 0 Å². The number of carbonyl (C=O) groups is 1. The van der Waals surface area contributed by atoms with Crippen LogP contribution in [0, 0.1) is 0 Å². The molecule has 0 aliphatic carbocycles. The Morgan fingerprint density at radius 2 is 2.47 bits per heavy atom. The van der Waals surface area contributed by atoms with Crippen molar-refractivity contribution in [2.75, 3.05) is 20.2 Å². The number of piperidine rings is 1. The number of esters is 1. The largest absolute Gasteiger partial charge is 0.465 e. The van der Waals surface area contributed by atoms with Gasteiger partial charge in [0.15, 0.2) is 0 Å². The van der Waals surface area contributed by atoms with Crippen molar-refractivity contribution in [1.29, 1.82) is 0 Å². The lowest BCUT2D eigenvalue weighted by atomic mass is 10.1. The third-order valence-corrected chi connectivity index (χ3v) is 3.96. The average Bonchev–Trinajstić information content (AvgIpc) is 2.76. The molecule has 1 saturated heterocycles. The zero-order chi connectivity index (χ0) is 12.3. The van der Waals surface area contributed by atoms with E-state index in [2.05, 4.69) is 9.64 Å². The van der Waals surface area contributed by atoms with Crippen LogP contribution in [0.3, 0.4) is 0 Å². The van der Waals surface area contributed by atoms with Crippen molar-refractivity contribution in [1.82, 2.24) is 4.90 Å². The topological polar surface area (TPSA) is 49.8 Å². The van der Waals surface area contributed by atoms with Gasteiger partial charge in [-0.3, -0.25) is 4.90 Å². The van der Waals surface area contributed by atoms with Gasteiger partial charge < -0.3 is 9.84 Å². The Labute approximate surface area is 105 Å². The summed E-state index contributed by atoms with van der Waals surface area (Å²) in [5.41, 5.74) is 0. The first-order chi connectivity index (χ1) is 8.19. The number of methoxy groups -OCH3 is 1. The van der Waals surface area contributed by atoms with Gasteiger partial charge in [0.05, 0.1) is 13.2 Å². The molecule has 0 bridgehead atoms. The molecule has 0 saturated carbocycles. The molecule has 1 aromatic rings. The number of rotatable bonds is 3. The fourth-order valence-corrected chi connectivity index (χ4v) is 3.04. The molecule has 1 fully saturated rings. The third kappa shape index (κ3) is 3.28. The number of hydrogen-bond donors (Lipinski definition) is 1. The second-order valence-corrected chi connectivity index (χ2v) is 5.46. The van der Waals surface area contributed by atoms with Gasteiger partial charge in [-0.2, -0.15) is 0 Å². The van der Waals surface area contributed by atoms with Crippen molar-refractivity contribution >= 4 is 17.3 Å². The van der Waals surface area contributed by atoms with Gasteiger partial charge in [0.2, 0.25) is 0 Å². The lowest BCUT2D eigenvalue weighted by molar-refractivity contribution is 0.0605. The van der Waals surface area contributed by atoms with Gasteiger partial charge >= 0.3 is 5.97 Å². The number of hydrogen-bond acceptors (Lipinski definition) is 5. The lowest BCUT2D eigenvalue weighted by Gasteiger charge is -2.29. The molecule has 0 aromatic carbocycles. The van der Waals surface area contributed by atoms with Crippen molar-refractivity contribution in [3.63, 3.8) is 0 Å². The number of carbonyl (C=O) groups excluding carboxylic acids is 1. The lowest BCUT2D eigenvalue weighted by Crippen LogP contribution is -2.37. The monoisotopic (exact) mass is 255 g/mol. The molecule has 94 valence electrons. The van der Waals surface area contributed by atoms with Crippen LogP contribution in [-0.2, 0) is 11.3 Å². The summed E-state index contributed by atoms with van der Waals surface area (Å²) < 4.78 is 4.67. The highest BCUT2D eigenvalue weighted by atomic mass is 32.1. The van der Waals surface area contributed by atoms with Crippen LogP contribution in [0.2, 0.25) is 0 Å². The zero-order valence-electron chi connectivity index (χ0n) is 9.89. The van der Waals surface area contributed by atoms with Crippen LogP contribution in [-0.4, -0.2) is 42.3 Å². The Bertz CT molecular complexity index is 391. The maximum Gasteiger partial charge on any atom is 0.348 e. The highest BCUT2D eigenvalue weighted by Gasteiger charge is 2.18. The van der Waals surface area contributed by atoms with Gasteiger partial charge in [-0.05, 0) is 31.5 Å². The predicted molar refractivity (Wildman–Crippen MR) is 66.2 cm³/mol. The number of nitrogens with zero attached hydrogens (tertiary/aromatic N) is 1. The number of likely N-dealkylation sites (tertiary alicyclic amines) is 1. The zero-order valence-corrected chi connectivity index (χ0v) is 10.7. The summed E-state index contributed by atoms with van der Waals surface area (Å²) in [6.07, 6.45) is 1.73. The normalized spacial score (nSPS) is 21.4. The summed E-state index contributed by atoms with van der Waals surface area (Å²) >= 11 is 1.46. The molecule has 1 atom stereocenters. The second kappa shape index (κ2) is 5.62. The Morgan fingerprint density at radius 3 is 3.18 bits per heavy atom. The minimum atomic E-state index is -0.278. The van der Waals surface area contributed by atoms with Gasteiger partial charge in [0.25, 0.3) is 0 Å². The van der Waals surface area contributed by atoms with Gasteiger partial charge in [-0.1, -0.05) is 0 Å². The van der Waals surface area contributed by atoms with Crippen LogP contribution in [0.5, 0.6) is 0 Å². The molecule has 1 aliphatic rings. The summed E-state index contributed by atoms with van der Waals surface area (Å²) in [5, 5.41) is 9.58. The fourth-order valence-electron chi connectivity index (χ4n) is 2.07. The Kier molecular flexibility index (Phi) is 4.15. The first-order valence-electron chi connectivity index (χ1n) is 5.76. The van der Waals surface area contributed by atoms with E-state index in [4.69, 9.17) is 0 Å². The van der Waals surface area contributed by atoms with E-state index in [1.165, 1.54) is 18.4 Å². The summed E-state index contributed by atoms with van der Waals surface area (Å²) in [5.74, 6) is -0.278. The number of aliphatic hydroxyl groups is 1. The minimum Gasteiger partial charge on any atom is -0.465 e. The van der Waals surface area contributed by atoms with E-state index in [9.17, 15) is 9.90 Å². The Morgan fingerprint density at radius 1 is 1.65 bits per heavy atom. The van der Waals surface area contributed by atoms with Gasteiger partial charge in [0.1, 0.15) is 4.88 Å². The van der Waals surface area contributed by atoms with Crippen LogP contribution < -0.4 is 0 Å². The molecule has 1 aromatic heterocycles. The minimum absolute atomic E-state index is 0.205. The van der Waals surface area contributed by atoms with E-state index in [0.29, 0.717) is 4.88 Å². The van der Waals surface area contributed by atoms with Gasteiger partial charge in [-0.15, -0.1) is 11.3 Å². The molecule has 4 nitrogen and oxygen atoms in total. The first-order valence-corrected chi connectivity index (χ1v) is 6.58. The smallest absolute Gasteiger partial charge is 0.348 e. The molecule has 1 unspecified atom stereocenters. The van der Waals surface area contributed by atoms with Crippen molar-refractivity contribution < 1.29 is 14.6 Å². The molecule has 17 heavy (non-hydrogen) atoms. The molecule has 1 aliphatic heterocycles. The fraction of sp³-hybridized carbons (Fsp3) is 0.583. The van der Waals surface area contributed by atoms with Crippen LogP contribution in [0.25, 0.3) is 0 Å². The molecular formula is C12H17NO3S. The Balaban J connectivity index is 1.94. The van der Waals surface area contributed by atoms with Crippen LogP contribution in [0.1, 0.15) is 27.4 Å². The number of ether oxygens (including phenoxy) is 1. The van der Waals surface area contributed by atoms with Crippen LogP contribution >= 0.6 is 11.3 Å². The van der Waals surface area contributed by atoms with Crippen molar-refractivity contribution in [2.45, 2.75) is 25.5 Å². The average molecular weight is 255 g/mol. The van der Waals surface area contributed by atoms with Crippen molar-refractivity contribution in [3.8, 4) is 0 Å². The molecule has 5 heteroatoms. The number of β-amino-alcohol motifs (C(OH)–C–C–N with tert-alkyl or cyclic N) is 1. The van der Waals surface area contributed by atoms with Crippen molar-refractivity contribution in [3.05, 3.63) is 21.9 Å². The molecular weight excluding hydrogens is 238 g/mol. The highest BCUT2D eigenvalue weighted by molar-refractivity contribution is 7.13. The summed E-state index contributed by atoms with van der Waals surface area (Å²) in [4.78, 5) is 15.3. The van der Waals surface area contributed by atoms with E-state index in [0.717, 1.165) is 37.4 Å². The third-order valence-electron chi connectivity index (χ3n) is 2.91. The quantitative estimate of drug-likeness (QED) is 0.831. The molecule has 0 spiro atoms. The molecule has 1 N–H and O–H groups in total. The number of aliphatic hydroxyl groups excluding tert-OH is 1. The van der Waals surface area contributed by atoms with E-state index in [1.807, 2.05) is 6.07 Å².